The summed E-state index contributed by atoms with van der Waals surface area (Å²) in [4.78, 5) is 12.3. The minimum absolute atomic E-state index is 0.326. The number of hydrogen-bond donors (Lipinski definition) is 1. The van der Waals surface area contributed by atoms with Crippen molar-refractivity contribution in [3.63, 3.8) is 0 Å². The van der Waals surface area contributed by atoms with E-state index in [9.17, 15) is 4.79 Å². The number of carbonyl (C=O) groups is 1. The second-order valence-corrected chi connectivity index (χ2v) is 5.40. The molecule has 2 aromatic carbocycles. The average Bonchev–Trinajstić information content (AvgIpc) is 2.49. The molecular weight excluding hydrogens is 356 g/mol. The molecule has 0 bridgehead atoms. The van der Waals surface area contributed by atoms with Gasteiger partial charge in [-0.05, 0) is 46.3 Å². The summed E-state index contributed by atoms with van der Waals surface area (Å²) in [6.07, 6.45) is 0. The van der Waals surface area contributed by atoms with Gasteiger partial charge in [0.25, 0.3) is 5.91 Å². The van der Waals surface area contributed by atoms with Gasteiger partial charge in [-0.3, -0.25) is 4.79 Å². The zero-order valence-electron chi connectivity index (χ0n) is 11.0. The van der Waals surface area contributed by atoms with E-state index in [0.29, 0.717) is 32.1 Å². The molecule has 1 N–H and O–H groups in total. The van der Waals surface area contributed by atoms with Crippen LogP contribution in [0.3, 0.4) is 0 Å². The van der Waals surface area contributed by atoms with Gasteiger partial charge in [-0.15, -0.1) is 0 Å². The Hall–Kier alpha value is -2.03. The quantitative estimate of drug-likeness (QED) is 0.885. The molecule has 0 aliphatic carbocycles. The number of anilines is 1. The van der Waals surface area contributed by atoms with Crippen molar-refractivity contribution in [2.45, 2.75) is 0 Å². The highest BCUT2D eigenvalue weighted by Gasteiger charge is 2.13. The number of methoxy groups -OCH3 is 1. The van der Waals surface area contributed by atoms with Crippen LogP contribution in [0.15, 0.2) is 40.9 Å². The second-order valence-electron chi connectivity index (χ2n) is 4.11. The van der Waals surface area contributed by atoms with Crippen LogP contribution < -0.4 is 10.1 Å². The molecule has 0 heterocycles. The molecule has 4 nitrogen and oxygen atoms in total. The number of halogens is 2. The van der Waals surface area contributed by atoms with Crippen molar-refractivity contribution < 1.29 is 9.53 Å². The normalized spacial score (nSPS) is 9.81. The lowest BCUT2D eigenvalue weighted by Gasteiger charge is -2.11. The van der Waals surface area contributed by atoms with Crippen LogP contribution in [0.4, 0.5) is 5.69 Å². The van der Waals surface area contributed by atoms with Crippen molar-refractivity contribution in [2.75, 3.05) is 12.4 Å². The predicted molar refractivity (Wildman–Crippen MR) is 84.8 cm³/mol. The molecule has 0 radical (unpaired) electrons. The van der Waals surface area contributed by atoms with Crippen LogP contribution in [-0.4, -0.2) is 13.0 Å². The lowest BCUT2D eigenvalue weighted by Crippen LogP contribution is -2.13. The van der Waals surface area contributed by atoms with Crippen LogP contribution >= 0.6 is 27.5 Å². The molecule has 0 aromatic heterocycles. The number of nitrogens with one attached hydrogen (secondary N) is 1. The molecule has 21 heavy (non-hydrogen) atoms. The fraction of sp³-hybridized carbons (Fsp3) is 0.0667. The number of amides is 1. The SMILES string of the molecule is COc1cc(C#N)ccc1NC(=O)c1cc(Cl)ccc1Br. The first-order valence-electron chi connectivity index (χ1n) is 5.89. The molecule has 0 fully saturated rings. The molecule has 0 atom stereocenters. The van der Waals surface area contributed by atoms with Gasteiger partial charge in [-0.2, -0.15) is 5.26 Å². The van der Waals surface area contributed by atoms with Gasteiger partial charge in [0.15, 0.2) is 0 Å². The van der Waals surface area contributed by atoms with E-state index in [0.717, 1.165) is 0 Å². The fourth-order valence-electron chi connectivity index (χ4n) is 1.73. The molecular formula is C15H10BrClN2O2. The third-order valence-corrected chi connectivity index (χ3v) is 3.68. The van der Waals surface area contributed by atoms with Crippen molar-refractivity contribution in [1.29, 1.82) is 5.26 Å². The summed E-state index contributed by atoms with van der Waals surface area (Å²) in [5, 5.41) is 12.1. The van der Waals surface area contributed by atoms with E-state index in [1.165, 1.54) is 7.11 Å². The predicted octanol–water partition coefficient (Wildman–Crippen LogP) is 4.24. The van der Waals surface area contributed by atoms with Crippen LogP contribution in [0.25, 0.3) is 0 Å². The standard InChI is InChI=1S/C15H10BrClN2O2/c1-21-14-6-9(8-18)2-5-13(14)19-15(20)11-7-10(17)3-4-12(11)16/h2-7H,1H3,(H,19,20). The van der Waals surface area contributed by atoms with Crippen LogP contribution in [0, 0.1) is 11.3 Å². The van der Waals surface area contributed by atoms with E-state index >= 15 is 0 Å². The molecule has 2 aromatic rings. The lowest BCUT2D eigenvalue weighted by molar-refractivity contribution is 0.102. The van der Waals surface area contributed by atoms with Crippen molar-refractivity contribution in [3.8, 4) is 11.8 Å². The van der Waals surface area contributed by atoms with Crippen molar-refractivity contribution in [1.82, 2.24) is 0 Å². The van der Waals surface area contributed by atoms with E-state index < -0.39 is 0 Å². The highest BCUT2D eigenvalue weighted by molar-refractivity contribution is 9.10. The number of carbonyl (C=O) groups excluding carboxylic acids is 1. The summed E-state index contributed by atoms with van der Waals surface area (Å²) in [7, 11) is 1.47. The Morgan fingerprint density at radius 2 is 2.10 bits per heavy atom. The zero-order chi connectivity index (χ0) is 15.4. The average molecular weight is 366 g/mol. The Labute approximate surface area is 135 Å². The van der Waals surface area contributed by atoms with E-state index in [1.54, 1.807) is 36.4 Å². The summed E-state index contributed by atoms with van der Waals surface area (Å²) in [6.45, 7) is 0. The van der Waals surface area contributed by atoms with Gasteiger partial charge in [0.05, 0.1) is 30.0 Å². The van der Waals surface area contributed by atoms with Gasteiger partial charge in [0.2, 0.25) is 0 Å². The van der Waals surface area contributed by atoms with Crippen LogP contribution in [0.5, 0.6) is 5.75 Å². The van der Waals surface area contributed by atoms with E-state index in [-0.39, 0.29) is 5.91 Å². The summed E-state index contributed by atoms with van der Waals surface area (Å²) in [5.41, 5.74) is 1.34. The van der Waals surface area contributed by atoms with Crippen LogP contribution in [-0.2, 0) is 0 Å². The first-order valence-corrected chi connectivity index (χ1v) is 7.07. The highest BCUT2D eigenvalue weighted by Crippen LogP contribution is 2.27. The molecule has 0 unspecified atom stereocenters. The maximum absolute atomic E-state index is 12.3. The zero-order valence-corrected chi connectivity index (χ0v) is 13.3. The van der Waals surface area contributed by atoms with Gasteiger partial charge in [0, 0.05) is 15.6 Å². The second kappa shape index (κ2) is 6.61. The minimum atomic E-state index is -0.326. The third-order valence-electron chi connectivity index (χ3n) is 2.75. The molecule has 106 valence electrons. The maximum atomic E-state index is 12.3. The molecule has 0 saturated carbocycles. The Morgan fingerprint density at radius 1 is 1.33 bits per heavy atom. The smallest absolute Gasteiger partial charge is 0.256 e. The highest BCUT2D eigenvalue weighted by atomic mass is 79.9. The Kier molecular flexibility index (Phi) is 4.84. The van der Waals surface area contributed by atoms with Gasteiger partial charge in [-0.1, -0.05) is 11.6 Å². The van der Waals surface area contributed by atoms with E-state index in [1.807, 2.05) is 6.07 Å². The number of rotatable bonds is 3. The molecule has 1 amide bonds. The third kappa shape index (κ3) is 3.54. The molecule has 0 saturated heterocycles. The monoisotopic (exact) mass is 364 g/mol. The molecule has 2 rings (SSSR count). The lowest BCUT2D eigenvalue weighted by atomic mass is 10.1. The van der Waals surface area contributed by atoms with Gasteiger partial charge >= 0.3 is 0 Å². The molecule has 6 heteroatoms. The van der Waals surface area contributed by atoms with Crippen molar-refractivity contribution in [2.24, 2.45) is 0 Å². The van der Waals surface area contributed by atoms with Crippen molar-refractivity contribution in [3.05, 3.63) is 57.0 Å². The van der Waals surface area contributed by atoms with Crippen LogP contribution in [0.2, 0.25) is 5.02 Å². The number of ether oxygens (including phenoxy) is 1. The Balaban J connectivity index is 2.32. The topological polar surface area (TPSA) is 62.1 Å². The first-order chi connectivity index (χ1) is 10.0. The summed E-state index contributed by atoms with van der Waals surface area (Å²) >= 11 is 9.21. The van der Waals surface area contributed by atoms with E-state index in [2.05, 4.69) is 21.2 Å². The summed E-state index contributed by atoms with van der Waals surface area (Å²) in [5.74, 6) is 0.0907. The summed E-state index contributed by atoms with van der Waals surface area (Å²) in [6, 6.07) is 11.7. The number of nitrogens with zero attached hydrogens (tertiary/aromatic N) is 1. The van der Waals surface area contributed by atoms with Crippen LogP contribution in [0.1, 0.15) is 15.9 Å². The van der Waals surface area contributed by atoms with Crippen molar-refractivity contribution >= 4 is 39.1 Å². The maximum Gasteiger partial charge on any atom is 0.256 e. The minimum Gasteiger partial charge on any atom is -0.495 e. The summed E-state index contributed by atoms with van der Waals surface area (Å²) < 4.78 is 5.81. The number of nitriles is 1. The van der Waals surface area contributed by atoms with Gasteiger partial charge in [0.1, 0.15) is 5.75 Å². The Bertz CT molecular complexity index is 741. The number of hydrogen-bond acceptors (Lipinski definition) is 3. The fourth-order valence-corrected chi connectivity index (χ4v) is 2.32. The number of benzene rings is 2. The molecule has 0 spiro atoms. The van der Waals surface area contributed by atoms with Gasteiger partial charge < -0.3 is 10.1 Å². The molecule has 0 aliphatic rings. The first kappa shape index (κ1) is 15.4. The van der Waals surface area contributed by atoms with E-state index in [4.69, 9.17) is 21.6 Å². The van der Waals surface area contributed by atoms with Gasteiger partial charge in [-0.25, -0.2) is 0 Å². The largest absolute Gasteiger partial charge is 0.495 e. The Morgan fingerprint density at radius 3 is 2.76 bits per heavy atom. The molecule has 0 aliphatic heterocycles.